The molecule has 2 fully saturated rings. The van der Waals surface area contributed by atoms with Crippen molar-refractivity contribution in [2.45, 2.75) is 30.5 Å². The Morgan fingerprint density at radius 2 is 2.29 bits per heavy atom. The van der Waals surface area contributed by atoms with E-state index in [2.05, 4.69) is 15.0 Å². The van der Waals surface area contributed by atoms with Gasteiger partial charge in [-0.15, -0.1) is 0 Å². The van der Waals surface area contributed by atoms with Gasteiger partial charge in [0.2, 0.25) is 0 Å². The average Bonchev–Trinajstić information content (AvgIpc) is 2.96. The van der Waals surface area contributed by atoms with E-state index in [9.17, 15) is 10.2 Å². The number of nitrogens with zero attached hydrogens (tertiary/aromatic N) is 4. The van der Waals surface area contributed by atoms with Crippen LogP contribution in [0.1, 0.15) is 12.6 Å². The number of fused-ring (bicyclic) bond motifs is 3. The zero-order valence-electron chi connectivity index (χ0n) is 11.1. The summed E-state index contributed by atoms with van der Waals surface area (Å²) < 4.78 is 13.2. The van der Waals surface area contributed by atoms with Crippen LogP contribution in [0.5, 0.6) is 0 Å². The van der Waals surface area contributed by atoms with Gasteiger partial charge in [-0.1, -0.05) is 0 Å². The molecule has 2 bridgehead atoms. The lowest BCUT2D eigenvalue weighted by Gasteiger charge is -2.33. The molecule has 9 nitrogen and oxygen atoms in total. The van der Waals surface area contributed by atoms with Crippen LogP contribution in [-0.2, 0) is 9.47 Å². The molecule has 2 saturated heterocycles. The quantitative estimate of drug-likeness (QED) is 0.631. The molecule has 0 aromatic carbocycles. The summed E-state index contributed by atoms with van der Waals surface area (Å²) in [4.78, 5) is 12.2. The van der Waals surface area contributed by atoms with Gasteiger partial charge in [0, 0.05) is 6.42 Å². The molecule has 2 aliphatic heterocycles. The van der Waals surface area contributed by atoms with Gasteiger partial charge in [-0.25, -0.2) is 15.0 Å². The molecule has 2 aromatic heterocycles. The van der Waals surface area contributed by atoms with Crippen molar-refractivity contribution in [3.63, 3.8) is 0 Å². The fourth-order valence-electron chi connectivity index (χ4n) is 3.06. The Bertz CT molecular complexity index is 691. The molecule has 0 aliphatic carbocycles. The number of hydrogen-bond donors (Lipinski definition) is 3. The maximum atomic E-state index is 10.4. The molecule has 0 amide bonds. The van der Waals surface area contributed by atoms with Gasteiger partial charge in [-0.05, 0) is 0 Å². The molecule has 4 rings (SSSR count). The maximum absolute atomic E-state index is 10.4. The van der Waals surface area contributed by atoms with E-state index in [1.165, 1.54) is 12.7 Å². The number of ether oxygens (including phenoxy) is 2. The van der Waals surface area contributed by atoms with Gasteiger partial charge in [0.15, 0.2) is 17.7 Å². The molecule has 2 aromatic rings. The third-order valence-electron chi connectivity index (χ3n) is 4.25. The lowest BCUT2D eigenvalue weighted by atomic mass is 9.90. The Balaban J connectivity index is 1.81. The molecule has 4 N–H and O–H groups in total. The van der Waals surface area contributed by atoms with Gasteiger partial charge in [0.25, 0.3) is 0 Å². The fourth-order valence-corrected chi connectivity index (χ4v) is 3.06. The van der Waals surface area contributed by atoms with Crippen LogP contribution in [0, 0.1) is 0 Å². The molecule has 9 heteroatoms. The highest BCUT2D eigenvalue weighted by molar-refractivity contribution is 5.81. The van der Waals surface area contributed by atoms with Crippen molar-refractivity contribution in [2.24, 2.45) is 0 Å². The topological polar surface area (TPSA) is 129 Å². The number of imidazole rings is 1. The van der Waals surface area contributed by atoms with E-state index in [1.54, 1.807) is 4.57 Å². The normalized spacial score (nSPS) is 35.4. The average molecular weight is 293 g/mol. The summed E-state index contributed by atoms with van der Waals surface area (Å²) in [6.07, 6.45) is 1.20. The highest BCUT2D eigenvalue weighted by Crippen LogP contribution is 2.44. The predicted molar refractivity (Wildman–Crippen MR) is 70.0 cm³/mol. The number of anilines is 1. The van der Waals surface area contributed by atoms with E-state index >= 15 is 0 Å². The van der Waals surface area contributed by atoms with E-state index in [0.29, 0.717) is 24.2 Å². The van der Waals surface area contributed by atoms with Crippen molar-refractivity contribution >= 4 is 17.0 Å². The third kappa shape index (κ3) is 1.62. The molecular formula is C12H15N5O4. The lowest BCUT2D eigenvalue weighted by Crippen LogP contribution is -2.51. The summed E-state index contributed by atoms with van der Waals surface area (Å²) in [5, 5.41) is 20.0. The first-order valence-electron chi connectivity index (χ1n) is 6.68. The minimum absolute atomic E-state index is 0.270. The summed E-state index contributed by atoms with van der Waals surface area (Å²) in [7, 11) is 0. The van der Waals surface area contributed by atoms with E-state index in [0.717, 1.165) is 0 Å². The van der Waals surface area contributed by atoms with Crippen LogP contribution in [0.15, 0.2) is 12.7 Å². The SMILES string of the molecule is Nc1ncnc2c1ncn2[C@@H]1O[C@@]2(CO)CCOC1[C@H]2O. The molecule has 1 unspecified atom stereocenters. The summed E-state index contributed by atoms with van der Waals surface area (Å²) in [5.41, 5.74) is 5.74. The van der Waals surface area contributed by atoms with Crippen molar-refractivity contribution < 1.29 is 19.7 Å². The monoisotopic (exact) mass is 293 g/mol. The second-order valence-electron chi connectivity index (χ2n) is 5.34. The van der Waals surface area contributed by atoms with Gasteiger partial charge >= 0.3 is 0 Å². The largest absolute Gasteiger partial charge is 0.393 e. The summed E-state index contributed by atoms with van der Waals surface area (Å²) in [6, 6.07) is 0. The van der Waals surface area contributed by atoms with Gasteiger partial charge in [0.1, 0.15) is 29.7 Å². The highest BCUT2D eigenvalue weighted by atomic mass is 16.6. The molecule has 0 saturated carbocycles. The van der Waals surface area contributed by atoms with Crippen LogP contribution < -0.4 is 5.73 Å². The Morgan fingerprint density at radius 1 is 1.43 bits per heavy atom. The van der Waals surface area contributed by atoms with Gasteiger partial charge in [-0.3, -0.25) is 4.57 Å². The second kappa shape index (κ2) is 4.34. The molecule has 0 radical (unpaired) electrons. The molecule has 0 spiro atoms. The number of nitrogen functional groups attached to an aromatic ring is 1. The van der Waals surface area contributed by atoms with Crippen LogP contribution in [0.2, 0.25) is 0 Å². The first-order valence-corrected chi connectivity index (χ1v) is 6.68. The molecular weight excluding hydrogens is 278 g/mol. The fraction of sp³-hybridized carbons (Fsp3) is 0.583. The Labute approximate surface area is 119 Å². The van der Waals surface area contributed by atoms with Crippen molar-refractivity contribution in [1.29, 1.82) is 0 Å². The molecule has 4 atom stereocenters. The first-order chi connectivity index (χ1) is 10.2. The zero-order chi connectivity index (χ0) is 14.6. The van der Waals surface area contributed by atoms with Gasteiger partial charge in [-0.2, -0.15) is 0 Å². The second-order valence-corrected chi connectivity index (χ2v) is 5.34. The third-order valence-corrected chi connectivity index (χ3v) is 4.25. The Hall–Kier alpha value is -1.81. The Kier molecular flexibility index (Phi) is 2.67. The van der Waals surface area contributed by atoms with Gasteiger partial charge < -0.3 is 25.4 Å². The van der Waals surface area contributed by atoms with E-state index < -0.39 is 24.0 Å². The van der Waals surface area contributed by atoms with E-state index in [1.807, 2.05) is 0 Å². The van der Waals surface area contributed by atoms with Crippen LogP contribution in [0.3, 0.4) is 0 Å². The predicted octanol–water partition coefficient (Wildman–Crippen LogP) is -1.18. The number of hydrogen-bond acceptors (Lipinski definition) is 8. The minimum Gasteiger partial charge on any atom is -0.393 e. The summed E-state index contributed by atoms with van der Waals surface area (Å²) in [5.74, 6) is 0.276. The standard InChI is InChI=1S/C12H15N5O4/c13-9-6-10(15-4-14-9)17(5-16-6)11-7-8(19)12(3-18,21-11)1-2-20-7/h4-5,7-8,11,18-19H,1-3H2,(H2,13,14,15)/t7?,8-,11-,12-/m1/s1. The first kappa shape index (κ1) is 12.9. The smallest absolute Gasteiger partial charge is 0.167 e. The Morgan fingerprint density at radius 3 is 3.05 bits per heavy atom. The van der Waals surface area contributed by atoms with Crippen LogP contribution in [0.4, 0.5) is 5.82 Å². The highest BCUT2D eigenvalue weighted by Gasteiger charge is 2.58. The summed E-state index contributed by atoms with van der Waals surface area (Å²) >= 11 is 0. The lowest BCUT2D eigenvalue weighted by molar-refractivity contribution is -0.143. The number of aliphatic hydroxyl groups is 2. The van der Waals surface area contributed by atoms with Gasteiger partial charge in [0.05, 0.1) is 19.5 Å². The van der Waals surface area contributed by atoms with Crippen molar-refractivity contribution in [2.75, 3.05) is 18.9 Å². The number of aromatic nitrogens is 4. The van der Waals surface area contributed by atoms with Crippen LogP contribution in [-0.4, -0.2) is 60.8 Å². The molecule has 4 heterocycles. The van der Waals surface area contributed by atoms with Crippen LogP contribution in [0.25, 0.3) is 11.2 Å². The van der Waals surface area contributed by atoms with Crippen molar-refractivity contribution in [3.8, 4) is 0 Å². The number of aliphatic hydroxyl groups excluding tert-OH is 2. The zero-order valence-corrected chi connectivity index (χ0v) is 11.1. The molecule has 2 aliphatic rings. The van der Waals surface area contributed by atoms with Crippen molar-refractivity contribution in [3.05, 3.63) is 12.7 Å². The number of nitrogens with two attached hydrogens (primary N) is 1. The summed E-state index contributed by atoms with van der Waals surface area (Å²) in [6.45, 7) is 0.150. The van der Waals surface area contributed by atoms with E-state index in [4.69, 9.17) is 15.2 Å². The molecule has 21 heavy (non-hydrogen) atoms. The molecule has 112 valence electrons. The number of rotatable bonds is 2. The van der Waals surface area contributed by atoms with E-state index in [-0.39, 0.29) is 12.4 Å². The van der Waals surface area contributed by atoms with Crippen LogP contribution >= 0.6 is 0 Å². The minimum atomic E-state index is -0.997. The van der Waals surface area contributed by atoms with Crippen molar-refractivity contribution in [1.82, 2.24) is 19.5 Å². The maximum Gasteiger partial charge on any atom is 0.167 e.